The normalized spacial score (nSPS) is 16.4. The first kappa shape index (κ1) is 19.6. The highest BCUT2D eigenvalue weighted by molar-refractivity contribution is 9.10. The van der Waals surface area contributed by atoms with E-state index < -0.39 is 0 Å². The van der Waals surface area contributed by atoms with E-state index in [1.807, 2.05) is 41.3 Å². The summed E-state index contributed by atoms with van der Waals surface area (Å²) >= 11 is 3.49. The van der Waals surface area contributed by atoms with Gasteiger partial charge >= 0.3 is 0 Å². The quantitative estimate of drug-likeness (QED) is 0.437. The Kier molecular flexibility index (Phi) is 5.29. The number of rotatable bonds is 4. The topological polar surface area (TPSA) is 103 Å². The Morgan fingerprint density at radius 1 is 1.13 bits per heavy atom. The Labute approximate surface area is 186 Å². The van der Waals surface area contributed by atoms with Crippen LogP contribution in [0.2, 0.25) is 0 Å². The van der Waals surface area contributed by atoms with Gasteiger partial charge in [0, 0.05) is 22.1 Å². The molecule has 0 saturated carbocycles. The number of tetrazole rings is 1. The number of amides is 1. The molecular formula is C21H18BrN7O2. The molecule has 1 atom stereocenters. The average Bonchev–Trinajstić information content (AvgIpc) is 3.51. The molecule has 4 aromatic rings. The van der Waals surface area contributed by atoms with Crippen LogP contribution in [0.4, 0.5) is 0 Å². The van der Waals surface area contributed by atoms with Crippen molar-refractivity contribution in [2.24, 2.45) is 0 Å². The van der Waals surface area contributed by atoms with Gasteiger partial charge in [-0.1, -0.05) is 51.4 Å². The molecule has 1 unspecified atom stereocenters. The molecule has 0 spiro atoms. The molecule has 0 N–H and O–H groups in total. The van der Waals surface area contributed by atoms with Gasteiger partial charge < -0.3 is 9.42 Å². The molecule has 10 heteroatoms. The maximum Gasteiger partial charge on any atom is 0.254 e. The van der Waals surface area contributed by atoms with E-state index in [4.69, 9.17) is 4.52 Å². The lowest BCUT2D eigenvalue weighted by Crippen LogP contribution is -2.38. The lowest BCUT2D eigenvalue weighted by atomic mass is 10.0. The Morgan fingerprint density at radius 3 is 2.81 bits per heavy atom. The van der Waals surface area contributed by atoms with Gasteiger partial charge in [0.25, 0.3) is 5.91 Å². The molecule has 2 aromatic heterocycles. The summed E-state index contributed by atoms with van der Waals surface area (Å²) in [5.74, 6) is 0.888. The smallest absolute Gasteiger partial charge is 0.254 e. The molecule has 1 saturated heterocycles. The predicted molar refractivity (Wildman–Crippen MR) is 114 cm³/mol. The van der Waals surface area contributed by atoms with E-state index in [2.05, 4.69) is 41.6 Å². The van der Waals surface area contributed by atoms with Crippen LogP contribution >= 0.6 is 15.9 Å². The van der Waals surface area contributed by atoms with Crippen molar-refractivity contribution in [3.8, 4) is 17.1 Å². The van der Waals surface area contributed by atoms with Crippen molar-refractivity contribution < 1.29 is 9.32 Å². The lowest BCUT2D eigenvalue weighted by molar-refractivity contribution is 0.0561. The van der Waals surface area contributed by atoms with Crippen molar-refractivity contribution in [2.45, 2.75) is 25.3 Å². The van der Waals surface area contributed by atoms with Gasteiger partial charge in [-0.25, -0.2) is 4.68 Å². The molecule has 0 aliphatic carbocycles. The highest BCUT2D eigenvalue weighted by Crippen LogP contribution is 2.33. The van der Waals surface area contributed by atoms with E-state index in [9.17, 15) is 4.79 Å². The molecule has 1 amide bonds. The number of carbonyl (C=O) groups is 1. The summed E-state index contributed by atoms with van der Waals surface area (Å²) in [5, 5.41) is 15.4. The highest BCUT2D eigenvalue weighted by Gasteiger charge is 2.33. The second kappa shape index (κ2) is 8.38. The lowest BCUT2D eigenvalue weighted by Gasteiger charge is -2.33. The van der Waals surface area contributed by atoms with Gasteiger partial charge in [0.15, 0.2) is 0 Å². The van der Waals surface area contributed by atoms with Gasteiger partial charge in [0.2, 0.25) is 11.7 Å². The van der Waals surface area contributed by atoms with Gasteiger partial charge in [0.1, 0.15) is 12.4 Å². The minimum Gasteiger partial charge on any atom is -0.337 e. The van der Waals surface area contributed by atoms with E-state index in [1.165, 1.54) is 11.0 Å². The number of piperidine rings is 1. The summed E-state index contributed by atoms with van der Waals surface area (Å²) < 4.78 is 7.86. The highest BCUT2D eigenvalue weighted by atomic mass is 79.9. The molecule has 1 aliphatic heterocycles. The number of nitrogens with zero attached hydrogens (tertiary/aromatic N) is 7. The van der Waals surface area contributed by atoms with Crippen molar-refractivity contribution in [1.82, 2.24) is 35.2 Å². The van der Waals surface area contributed by atoms with Crippen LogP contribution < -0.4 is 0 Å². The van der Waals surface area contributed by atoms with Crippen molar-refractivity contribution in [3.05, 3.63) is 70.8 Å². The summed E-state index contributed by atoms with van der Waals surface area (Å²) in [7, 11) is 0. The van der Waals surface area contributed by atoms with Crippen molar-refractivity contribution in [3.63, 3.8) is 0 Å². The maximum atomic E-state index is 13.5. The standard InChI is InChI=1S/C21H18BrN7O2/c22-16-10-15(11-17(12-16)29-13-23-26-27-29)21(30)28-9-5-4-8-18(28)20-24-19(25-31-20)14-6-2-1-3-7-14/h1-3,6-7,10-13,18H,4-5,8-9H2. The van der Waals surface area contributed by atoms with Crippen molar-refractivity contribution in [2.75, 3.05) is 6.54 Å². The molecule has 9 nitrogen and oxygen atoms in total. The minimum atomic E-state index is -0.262. The Bertz CT molecular complexity index is 1190. The second-order valence-corrected chi connectivity index (χ2v) is 8.20. The largest absolute Gasteiger partial charge is 0.337 e. The molecule has 0 bridgehead atoms. The molecule has 0 radical (unpaired) electrons. The number of aromatic nitrogens is 6. The maximum absolute atomic E-state index is 13.5. The number of benzene rings is 2. The number of likely N-dealkylation sites (tertiary alicyclic amines) is 1. The van der Waals surface area contributed by atoms with Crippen LogP contribution in [0.15, 0.2) is 63.9 Å². The first-order valence-corrected chi connectivity index (χ1v) is 10.7. The van der Waals surface area contributed by atoms with E-state index in [0.29, 0.717) is 29.5 Å². The third-order valence-electron chi connectivity index (χ3n) is 5.27. The molecule has 31 heavy (non-hydrogen) atoms. The van der Waals surface area contributed by atoms with Crippen LogP contribution in [-0.4, -0.2) is 47.7 Å². The van der Waals surface area contributed by atoms with Crippen LogP contribution in [0.1, 0.15) is 41.6 Å². The zero-order valence-electron chi connectivity index (χ0n) is 16.4. The molecule has 1 fully saturated rings. The van der Waals surface area contributed by atoms with Crippen LogP contribution in [-0.2, 0) is 0 Å². The summed E-state index contributed by atoms with van der Waals surface area (Å²) in [6.45, 7) is 0.624. The van der Waals surface area contributed by atoms with E-state index >= 15 is 0 Å². The number of hydrogen-bond acceptors (Lipinski definition) is 7. The Balaban J connectivity index is 1.45. The van der Waals surface area contributed by atoms with E-state index in [0.717, 1.165) is 29.3 Å². The van der Waals surface area contributed by atoms with Crippen LogP contribution in [0.25, 0.3) is 17.1 Å². The second-order valence-electron chi connectivity index (χ2n) is 7.28. The first-order chi connectivity index (χ1) is 15.2. The van der Waals surface area contributed by atoms with E-state index in [1.54, 1.807) is 12.1 Å². The molecule has 5 rings (SSSR count). The Hall–Kier alpha value is -3.40. The fraction of sp³-hybridized carbons (Fsp3) is 0.238. The van der Waals surface area contributed by atoms with Gasteiger partial charge in [-0.2, -0.15) is 4.98 Å². The molecule has 3 heterocycles. The van der Waals surface area contributed by atoms with E-state index in [-0.39, 0.29) is 11.9 Å². The number of hydrogen-bond donors (Lipinski definition) is 0. The summed E-state index contributed by atoms with van der Waals surface area (Å²) in [5.41, 5.74) is 2.11. The van der Waals surface area contributed by atoms with Crippen LogP contribution in [0.3, 0.4) is 0 Å². The Morgan fingerprint density at radius 2 is 2.00 bits per heavy atom. The van der Waals surface area contributed by atoms with Gasteiger partial charge in [-0.15, -0.1) is 5.10 Å². The fourth-order valence-corrected chi connectivity index (χ4v) is 4.26. The number of carbonyl (C=O) groups excluding carboxylic acids is 1. The fourth-order valence-electron chi connectivity index (χ4n) is 3.78. The minimum absolute atomic E-state index is 0.0974. The molecular weight excluding hydrogens is 462 g/mol. The van der Waals surface area contributed by atoms with Crippen LogP contribution in [0.5, 0.6) is 0 Å². The summed E-state index contributed by atoms with van der Waals surface area (Å²) in [4.78, 5) is 19.9. The summed E-state index contributed by atoms with van der Waals surface area (Å²) in [6, 6.07) is 14.8. The molecule has 156 valence electrons. The molecule has 2 aromatic carbocycles. The molecule has 1 aliphatic rings. The van der Waals surface area contributed by atoms with Gasteiger partial charge in [-0.3, -0.25) is 4.79 Å². The monoisotopic (exact) mass is 479 g/mol. The van der Waals surface area contributed by atoms with Gasteiger partial charge in [-0.05, 0) is 47.9 Å². The van der Waals surface area contributed by atoms with Crippen molar-refractivity contribution in [1.29, 1.82) is 0 Å². The van der Waals surface area contributed by atoms with Crippen LogP contribution in [0, 0.1) is 0 Å². The number of halogens is 1. The first-order valence-electron chi connectivity index (χ1n) is 9.93. The third-order valence-corrected chi connectivity index (χ3v) is 5.72. The zero-order chi connectivity index (χ0) is 21.2. The SMILES string of the molecule is O=C(c1cc(Br)cc(-n2cnnn2)c1)N1CCCCC1c1nc(-c2ccccc2)no1. The van der Waals surface area contributed by atoms with Crippen molar-refractivity contribution >= 4 is 21.8 Å². The average molecular weight is 480 g/mol. The zero-order valence-corrected chi connectivity index (χ0v) is 18.0. The van der Waals surface area contributed by atoms with Gasteiger partial charge in [0.05, 0.1) is 5.69 Å². The third kappa shape index (κ3) is 3.98. The predicted octanol–water partition coefficient (Wildman–Crippen LogP) is 3.84. The summed E-state index contributed by atoms with van der Waals surface area (Å²) in [6.07, 6.45) is 4.18.